The lowest BCUT2D eigenvalue weighted by molar-refractivity contribution is -0.116. The number of carbonyl (C=O) groups excluding carboxylic acids is 2. The van der Waals surface area contributed by atoms with Gasteiger partial charge in [0, 0.05) is 23.7 Å². The van der Waals surface area contributed by atoms with Gasteiger partial charge >= 0.3 is 6.03 Å². The molecule has 0 bridgehead atoms. The molecule has 0 spiro atoms. The van der Waals surface area contributed by atoms with Crippen LogP contribution in [0.1, 0.15) is 32.6 Å². The molecule has 0 saturated heterocycles. The van der Waals surface area contributed by atoms with Gasteiger partial charge < -0.3 is 15.4 Å². The lowest BCUT2D eigenvalue weighted by Crippen LogP contribution is -2.39. The Morgan fingerprint density at radius 1 is 1.00 bits per heavy atom. The number of sulfonamides is 1. The minimum absolute atomic E-state index is 0.0764. The number of carbonyl (C=O) groups is 2. The summed E-state index contributed by atoms with van der Waals surface area (Å²) < 4.78 is 32.0. The van der Waals surface area contributed by atoms with Gasteiger partial charge in [0.2, 0.25) is 5.91 Å². The van der Waals surface area contributed by atoms with E-state index in [0.717, 1.165) is 12.8 Å². The van der Waals surface area contributed by atoms with Crippen LogP contribution >= 0.6 is 11.6 Å². The number of anilines is 1. The van der Waals surface area contributed by atoms with E-state index < -0.39 is 16.1 Å². The second-order valence-corrected chi connectivity index (χ2v) is 8.81. The number of hydrogen-bond acceptors (Lipinski definition) is 5. The summed E-state index contributed by atoms with van der Waals surface area (Å²) >= 11 is 5.81. The smallest absolute Gasteiger partial charge is 0.328 e. The zero-order chi connectivity index (χ0) is 22.7. The standard InChI is InChI=1S/C21H26ClN3O5S/c1-2-3-14-23-21(27)25-31(28,29)19-12-8-17(9-13-19)24-20(26)5-4-15-30-18-10-6-16(22)7-11-18/h6-13H,2-5,14-15H2,1H3,(H,24,26)(H2,23,25,27). The van der Waals surface area contributed by atoms with Crippen molar-refractivity contribution in [3.8, 4) is 5.75 Å². The third-order valence-electron chi connectivity index (χ3n) is 4.12. The number of nitrogens with one attached hydrogen (secondary N) is 3. The Hall–Kier alpha value is -2.78. The highest BCUT2D eigenvalue weighted by Crippen LogP contribution is 2.16. The van der Waals surface area contributed by atoms with E-state index in [1.807, 2.05) is 11.6 Å². The van der Waals surface area contributed by atoms with Gasteiger partial charge in [-0.25, -0.2) is 17.9 Å². The topological polar surface area (TPSA) is 114 Å². The van der Waals surface area contributed by atoms with E-state index in [4.69, 9.17) is 16.3 Å². The first-order valence-corrected chi connectivity index (χ1v) is 11.7. The zero-order valence-electron chi connectivity index (χ0n) is 17.2. The van der Waals surface area contributed by atoms with Gasteiger partial charge in [-0.1, -0.05) is 24.9 Å². The van der Waals surface area contributed by atoms with Crippen molar-refractivity contribution in [2.24, 2.45) is 0 Å². The third-order valence-corrected chi connectivity index (χ3v) is 5.72. The second kappa shape index (κ2) is 12.2. The first-order valence-electron chi connectivity index (χ1n) is 9.89. The molecule has 0 radical (unpaired) electrons. The number of benzene rings is 2. The molecular formula is C21H26ClN3O5S. The molecule has 168 valence electrons. The molecule has 0 aliphatic heterocycles. The molecule has 8 nitrogen and oxygen atoms in total. The average Bonchev–Trinajstić information content (AvgIpc) is 2.73. The van der Waals surface area contributed by atoms with E-state index in [0.29, 0.717) is 36.0 Å². The Kier molecular flexibility index (Phi) is 9.61. The molecule has 0 aliphatic carbocycles. The number of amides is 3. The Balaban J connectivity index is 1.76. The monoisotopic (exact) mass is 467 g/mol. The molecule has 0 atom stereocenters. The van der Waals surface area contributed by atoms with Crippen LogP contribution in [0, 0.1) is 0 Å². The van der Waals surface area contributed by atoms with Gasteiger partial charge in [0.15, 0.2) is 0 Å². The van der Waals surface area contributed by atoms with Crippen molar-refractivity contribution in [3.05, 3.63) is 53.6 Å². The summed E-state index contributed by atoms with van der Waals surface area (Å²) in [5.41, 5.74) is 0.454. The molecule has 0 saturated carbocycles. The van der Waals surface area contributed by atoms with Crippen molar-refractivity contribution in [2.75, 3.05) is 18.5 Å². The molecular weight excluding hydrogens is 442 g/mol. The number of unbranched alkanes of at least 4 members (excludes halogenated alkanes) is 1. The maximum Gasteiger partial charge on any atom is 0.328 e. The van der Waals surface area contributed by atoms with Crippen LogP contribution in [0.2, 0.25) is 5.02 Å². The summed E-state index contributed by atoms with van der Waals surface area (Å²) in [6.07, 6.45) is 2.40. The van der Waals surface area contributed by atoms with E-state index in [1.165, 1.54) is 24.3 Å². The molecule has 0 heterocycles. The van der Waals surface area contributed by atoms with Crippen LogP contribution in [0.4, 0.5) is 10.5 Å². The predicted molar refractivity (Wildman–Crippen MR) is 120 cm³/mol. The fourth-order valence-corrected chi connectivity index (χ4v) is 3.54. The zero-order valence-corrected chi connectivity index (χ0v) is 18.8. The van der Waals surface area contributed by atoms with Crippen LogP contribution in [0.25, 0.3) is 0 Å². The van der Waals surface area contributed by atoms with E-state index in [2.05, 4.69) is 10.6 Å². The predicted octanol–water partition coefficient (Wildman–Crippen LogP) is 3.93. The van der Waals surface area contributed by atoms with Gasteiger partial charge in [-0.05, 0) is 61.4 Å². The van der Waals surface area contributed by atoms with Gasteiger partial charge in [0.1, 0.15) is 5.75 Å². The minimum Gasteiger partial charge on any atom is -0.494 e. The molecule has 0 aromatic heterocycles. The Bertz CT molecular complexity index is 964. The summed E-state index contributed by atoms with van der Waals surface area (Å²) in [7, 11) is -3.99. The molecule has 2 rings (SSSR count). The van der Waals surface area contributed by atoms with E-state index >= 15 is 0 Å². The molecule has 0 aliphatic rings. The van der Waals surface area contributed by atoms with E-state index in [9.17, 15) is 18.0 Å². The van der Waals surface area contributed by atoms with Gasteiger partial charge in [0.05, 0.1) is 11.5 Å². The third kappa shape index (κ3) is 8.85. The van der Waals surface area contributed by atoms with Gasteiger partial charge in [0.25, 0.3) is 10.0 Å². The first kappa shape index (κ1) is 24.5. The van der Waals surface area contributed by atoms with Crippen LogP contribution in [-0.2, 0) is 14.8 Å². The average molecular weight is 468 g/mol. The molecule has 3 amide bonds. The Labute approximate surface area is 187 Å². The van der Waals surface area contributed by atoms with Crippen molar-refractivity contribution in [2.45, 2.75) is 37.5 Å². The van der Waals surface area contributed by atoms with Crippen LogP contribution in [-0.4, -0.2) is 33.5 Å². The number of hydrogen-bond donors (Lipinski definition) is 3. The number of urea groups is 1. The van der Waals surface area contributed by atoms with Crippen molar-refractivity contribution in [1.82, 2.24) is 10.0 Å². The van der Waals surface area contributed by atoms with Crippen LogP contribution < -0.4 is 20.1 Å². The fourth-order valence-electron chi connectivity index (χ4n) is 2.49. The lowest BCUT2D eigenvalue weighted by Gasteiger charge is -2.10. The Morgan fingerprint density at radius 3 is 2.32 bits per heavy atom. The highest BCUT2D eigenvalue weighted by atomic mass is 35.5. The molecule has 2 aromatic carbocycles. The molecule has 31 heavy (non-hydrogen) atoms. The van der Waals surface area contributed by atoms with Gasteiger partial charge in [-0.3, -0.25) is 4.79 Å². The fraction of sp³-hybridized carbons (Fsp3) is 0.333. The molecule has 2 aromatic rings. The van der Waals surface area contributed by atoms with Crippen LogP contribution in [0.15, 0.2) is 53.4 Å². The highest BCUT2D eigenvalue weighted by Gasteiger charge is 2.17. The number of ether oxygens (including phenoxy) is 1. The molecule has 10 heteroatoms. The summed E-state index contributed by atoms with van der Waals surface area (Å²) in [6, 6.07) is 11.7. The summed E-state index contributed by atoms with van der Waals surface area (Å²) in [4.78, 5) is 23.7. The number of halogens is 1. The second-order valence-electron chi connectivity index (χ2n) is 6.69. The highest BCUT2D eigenvalue weighted by molar-refractivity contribution is 7.90. The normalized spacial score (nSPS) is 10.9. The van der Waals surface area contributed by atoms with Crippen LogP contribution in [0.3, 0.4) is 0 Å². The van der Waals surface area contributed by atoms with E-state index in [1.54, 1.807) is 24.3 Å². The molecule has 0 fully saturated rings. The number of rotatable bonds is 11. The van der Waals surface area contributed by atoms with Gasteiger partial charge in [-0.15, -0.1) is 0 Å². The quantitative estimate of drug-likeness (QED) is 0.433. The minimum atomic E-state index is -3.99. The molecule has 0 unspecified atom stereocenters. The SMILES string of the molecule is CCCCNC(=O)NS(=O)(=O)c1ccc(NC(=O)CCCOc2ccc(Cl)cc2)cc1. The maximum absolute atomic E-state index is 12.2. The first-order chi connectivity index (χ1) is 14.8. The van der Waals surface area contributed by atoms with E-state index in [-0.39, 0.29) is 17.2 Å². The van der Waals surface area contributed by atoms with Gasteiger partial charge in [-0.2, -0.15) is 0 Å². The summed E-state index contributed by atoms with van der Waals surface area (Å²) in [5.74, 6) is 0.456. The molecule has 3 N–H and O–H groups in total. The van der Waals surface area contributed by atoms with Crippen LogP contribution in [0.5, 0.6) is 5.75 Å². The Morgan fingerprint density at radius 2 is 1.68 bits per heavy atom. The van der Waals surface area contributed by atoms with Crippen molar-refractivity contribution in [1.29, 1.82) is 0 Å². The largest absolute Gasteiger partial charge is 0.494 e. The van der Waals surface area contributed by atoms with Crippen molar-refractivity contribution >= 4 is 39.2 Å². The summed E-state index contributed by atoms with van der Waals surface area (Å²) in [5, 5.41) is 5.80. The van der Waals surface area contributed by atoms with Crippen molar-refractivity contribution in [3.63, 3.8) is 0 Å². The lowest BCUT2D eigenvalue weighted by atomic mass is 10.2. The maximum atomic E-state index is 12.2. The summed E-state index contributed by atoms with van der Waals surface area (Å²) in [6.45, 7) is 2.73. The van der Waals surface area contributed by atoms with Crippen molar-refractivity contribution < 1.29 is 22.7 Å².